The molecule has 1 atom stereocenters. The molecule has 32 heavy (non-hydrogen) atoms. The van der Waals surface area contributed by atoms with Crippen LogP contribution in [0.3, 0.4) is 0 Å². The molecule has 0 saturated carbocycles. The maximum atomic E-state index is 6.65. The molecule has 4 rings (SSSR count). The summed E-state index contributed by atoms with van der Waals surface area (Å²) in [6.07, 6.45) is 2.36. The molecule has 0 spiro atoms. The van der Waals surface area contributed by atoms with Crippen molar-refractivity contribution in [3.63, 3.8) is 0 Å². The summed E-state index contributed by atoms with van der Waals surface area (Å²) < 4.78 is 10.3. The Hall–Kier alpha value is -1.58. The molecule has 1 fully saturated rings. The number of hydrogen-bond acceptors (Lipinski definition) is 2. The van der Waals surface area contributed by atoms with Crippen molar-refractivity contribution in [2.24, 2.45) is 4.74 Å². The number of aryl methyl sites for hydroxylation is 1. The van der Waals surface area contributed by atoms with Crippen LogP contribution in [-0.2, 0) is 0 Å². The van der Waals surface area contributed by atoms with Crippen molar-refractivity contribution in [1.82, 2.24) is 14.5 Å². The summed E-state index contributed by atoms with van der Waals surface area (Å²) in [5.41, 5.74) is 4.00. The summed E-state index contributed by atoms with van der Waals surface area (Å²) in [4.78, 5) is 0. The van der Waals surface area contributed by atoms with Crippen LogP contribution in [0.2, 0.25) is 10.0 Å². The van der Waals surface area contributed by atoms with E-state index in [4.69, 9.17) is 33.0 Å². The Bertz CT molecular complexity index is 1170. The van der Waals surface area contributed by atoms with Crippen LogP contribution < -0.4 is 5.30 Å². The van der Waals surface area contributed by atoms with E-state index < -0.39 is 7.21 Å². The van der Waals surface area contributed by atoms with Gasteiger partial charge >= 0.3 is 0 Å². The Balaban J connectivity index is 2.09. The van der Waals surface area contributed by atoms with E-state index in [2.05, 4.69) is 56.1 Å². The van der Waals surface area contributed by atoms with Crippen molar-refractivity contribution in [3.8, 4) is 5.69 Å². The molecule has 0 N–H and O–H groups in total. The predicted octanol–water partition coefficient (Wildman–Crippen LogP) is 7.76. The van der Waals surface area contributed by atoms with Crippen molar-refractivity contribution in [3.05, 3.63) is 70.0 Å². The molecule has 1 aromatic heterocycles. The number of aromatic nitrogens is 2. The van der Waals surface area contributed by atoms with E-state index in [1.54, 1.807) is 0 Å². The molecule has 0 aliphatic carbocycles. The van der Waals surface area contributed by atoms with Gasteiger partial charge in [0.05, 0.1) is 40.3 Å². The predicted molar refractivity (Wildman–Crippen MR) is 139 cm³/mol. The standard InChI is InChI=1S/C25H31Cl2N4P/c1-18-24(19(2)31(28-18)21-11-7-6-8-12-21)32(25(3,4)5,30-15-9-10-16-30)29-23-17-20(26)13-14-22(23)27/h6-8,11-14,17H,9-10,15-16H2,1-5H3. The van der Waals surface area contributed by atoms with Gasteiger partial charge in [0.15, 0.2) is 0 Å². The molecule has 2 aromatic carbocycles. The molecule has 1 unspecified atom stereocenters. The quantitative estimate of drug-likeness (QED) is 0.351. The number of nitrogens with zero attached hydrogens (tertiary/aromatic N) is 4. The summed E-state index contributed by atoms with van der Waals surface area (Å²) in [5, 5.41) is 7.43. The first-order chi connectivity index (χ1) is 15.1. The molecule has 170 valence electrons. The molecular formula is C25H31Cl2N4P. The second-order valence-corrected chi connectivity index (χ2v) is 14.0. The molecule has 2 heterocycles. The first-order valence-corrected chi connectivity index (χ1v) is 13.6. The van der Waals surface area contributed by atoms with Crippen molar-refractivity contribution in [1.29, 1.82) is 0 Å². The number of para-hydroxylation sites is 1. The van der Waals surface area contributed by atoms with Gasteiger partial charge in [-0.3, -0.25) is 4.67 Å². The van der Waals surface area contributed by atoms with E-state index in [0.717, 1.165) is 35.9 Å². The lowest BCUT2D eigenvalue weighted by molar-refractivity contribution is 0.538. The maximum Gasteiger partial charge on any atom is 0.0834 e. The van der Waals surface area contributed by atoms with E-state index in [1.165, 1.54) is 18.1 Å². The zero-order chi connectivity index (χ0) is 23.1. The molecule has 1 aliphatic heterocycles. The van der Waals surface area contributed by atoms with Gasteiger partial charge in [0, 0.05) is 23.3 Å². The van der Waals surface area contributed by atoms with E-state index >= 15 is 0 Å². The number of hydrogen-bond donors (Lipinski definition) is 0. The minimum Gasteiger partial charge on any atom is -0.265 e. The number of halogens is 2. The van der Waals surface area contributed by atoms with Gasteiger partial charge in [-0.05, 0) is 57.0 Å². The third-order valence-corrected chi connectivity index (χ3v) is 11.6. The fourth-order valence-electron chi connectivity index (χ4n) is 4.78. The Morgan fingerprint density at radius 1 is 0.969 bits per heavy atom. The molecule has 0 radical (unpaired) electrons. The van der Waals surface area contributed by atoms with Gasteiger partial charge in [-0.1, -0.05) is 62.2 Å². The van der Waals surface area contributed by atoms with E-state index in [0.29, 0.717) is 10.0 Å². The topological polar surface area (TPSA) is 33.4 Å². The van der Waals surface area contributed by atoms with Crippen LogP contribution >= 0.6 is 30.4 Å². The number of rotatable bonds is 4. The Morgan fingerprint density at radius 3 is 2.25 bits per heavy atom. The molecule has 0 amide bonds. The van der Waals surface area contributed by atoms with E-state index in [-0.39, 0.29) is 5.16 Å². The van der Waals surface area contributed by atoms with Crippen molar-refractivity contribution in [2.45, 2.75) is 52.6 Å². The average molecular weight is 489 g/mol. The van der Waals surface area contributed by atoms with Gasteiger partial charge in [-0.25, -0.2) is 9.43 Å². The molecule has 7 heteroatoms. The first-order valence-electron chi connectivity index (χ1n) is 11.1. The van der Waals surface area contributed by atoms with Gasteiger partial charge in [0.2, 0.25) is 0 Å². The van der Waals surface area contributed by atoms with Crippen molar-refractivity contribution < 1.29 is 0 Å². The zero-order valence-corrected chi connectivity index (χ0v) is 21.8. The van der Waals surface area contributed by atoms with Gasteiger partial charge in [0.25, 0.3) is 0 Å². The zero-order valence-electron chi connectivity index (χ0n) is 19.4. The van der Waals surface area contributed by atoms with Crippen LogP contribution in [0.1, 0.15) is 45.0 Å². The Morgan fingerprint density at radius 2 is 1.62 bits per heavy atom. The van der Waals surface area contributed by atoms with Crippen molar-refractivity contribution >= 4 is 41.4 Å². The minimum absolute atomic E-state index is 0.122. The molecule has 0 bridgehead atoms. The van der Waals surface area contributed by atoms with Crippen LogP contribution in [0.15, 0.2) is 53.3 Å². The first kappa shape index (κ1) is 23.6. The molecule has 4 nitrogen and oxygen atoms in total. The highest BCUT2D eigenvalue weighted by Crippen LogP contribution is 2.66. The lowest BCUT2D eigenvalue weighted by atomic mass is 10.3. The average Bonchev–Trinajstić information content (AvgIpc) is 3.38. The highest BCUT2D eigenvalue weighted by Gasteiger charge is 2.45. The second-order valence-electron chi connectivity index (χ2n) is 9.40. The number of benzene rings is 2. The highest BCUT2D eigenvalue weighted by atomic mass is 35.5. The maximum absolute atomic E-state index is 6.65. The molecular weight excluding hydrogens is 458 g/mol. The minimum atomic E-state index is -2.29. The van der Waals surface area contributed by atoms with Crippen LogP contribution in [0.25, 0.3) is 5.69 Å². The third-order valence-electron chi connectivity index (χ3n) is 6.15. The fraction of sp³-hybridized carbons (Fsp3) is 0.400. The summed E-state index contributed by atoms with van der Waals surface area (Å²) in [6, 6.07) is 15.9. The SMILES string of the molecule is Cc1nn(-c2ccccc2)c(C)c1P(=Nc1cc(Cl)ccc1Cl)(N1CCCC1)C(C)(C)C. The lowest BCUT2D eigenvalue weighted by Gasteiger charge is -2.44. The van der Waals surface area contributed by atoms with Gasteiger partial charge in [-0.2, -0.15) is 5.10 Å². The van der Waals surface area contributed by atoms with Crippen LogP contribution in [0, 0.1) is 13.8 Å². The molecule has 1 saturated heterocycles. The van der Waals surface area contributed by atoms with Crippen LogP contribution in [-0.4, -0.2) is 32.7 Å². The largest absolute Gasteiger partial charge is 0.265 e. The summed E-state index contributed by atoms with van der Waals surface area (Å²) in [7, 11) is -2.29. The van der Waals surface area contributed by atoms with Crippen LogP contribution in [0.4, 0.5) is 5.69 Å². The van der Waals surface area contributed by atoms with Crippen LogP contribution in [0.5, 0.6) is 0 Å². The van der Waals surface area contributed by atoms with E-state index in [9.17, 15) is 0 Å². The van der Waals surface area contributed by atoms with Gasteiger partial charge in [0.1, 0.15) is 0 Å². The fourth-order valence-corrected chi connectivity index (χ4v) is 9.87. The Labute approximate surface area is 201 Å². The monoisotopic (exact) mass is 488 g/mol. The van der Waals surface area contributed by atoms with Gasteiger partial charge < -0.3 is 0 Å². The highest BCUT2D eigenvalue weighted by molar-refractivity contribution is 7.73. The smallest absolute Gasteiger partial charge is 0.0834 e. The Kier molecular flexibility index (Phi) is 6.62. The molecule has 1 aliphatic rings. The second kappa shape index (κ2) is 8.99. The normalized spacial score (nSPS) is 16.8. The van der Waals surface area contributed by atoms with Gasteiger partial charge in [-0.15, -0.1) is 0 Å². The van der Waals surface area contributed by atoms with E-state index in [1.807, 2.05) is 36.4 Å². The lowest BCUT2D eigenvalue weighted by Crippen LogP contribution is -2.36. The summed E-state index contributed by atoms with van der Waals surface area (Å²) >= 11 is 13.0. The summed E-state index contributed by atoms with van der Waals surface area (Å²) in [6.45, 7) is 13.3. The van der Waals surface area contributed by atoms with Crippen molar-refractivity contribution in [2.75, 3.05) is 13.1 Å². The third kappa shape index (κ3) is 4.07. The molecule has 3 aromatic rings. The summed E-state index contributed by atoms with van der Waals surface area (Å²) in [5.74, 6) is 0.